The van der Waals surface area contributed by atoms with Crippen molar-refractivity contribution in [3.63, 3.8) is 0 Å². The Morgan fingerprint density at radius 1 is 1.53 bits per heavy atom. The molecule has 0 aliphatic carbocycles. The first-order valence-electron chi connectivity index (χ1n) is 6.95. The van der Waals surface area contributed by atoms with Gasteiger partial charge in [0, 0.05) is 18.6 Å². The van der Waals surface area contributed by atoms with Gasteiger partial charge in [0.15, 0.2) is 0 Å². The molecule has 1 N–H and O–H groups in total. The Bertz CT molecular complexity index is 407. The maximum Gasteiger partial charge on any atom is 0.141 e. The van der Waals surface area contributed by atoms with E-state index in [1.165, 1.54) is 6.07 Å². The van der Waals surface area contributed by atoms with Crippen LogP contribution < -0.4 is 5.32 Å². The van der Waals surface area contributed by atoms with Crippen LogP contribution in [0.25, 0.3) is 0 Å². The Kier molecular flexibility index (Phi) is 5.61. The largest absolute Gasteiger partial charge is 0.381 e. The van der Waals surface area contributed by atoms with E-state index < -0.39 is 0 Å². The van der Waals surface area contributed by atoms with Gasteiger partial charge in [-0.1, -0.05) is 24.6 Å². The minimum atomic E-state index is -0.354. The average Bonchev–Trinajstić information content (AvgIpc) is 2.92. The maximum atomic E-state index is 13.2. The summed E-state index contributed by atoms with van der Waals surface area (Å²) in [5.74, 6) is 0.183. The van der Waals surface area contributed by atoms with Gasteiger partial charge in [-0.3, -0.25) is 0 Å². The molecule has 0 bridgehead atoms. The van der Waals surface area contributed by atoms with Gasteiger partial charge in [-0.15, -0.1) is 0 Å². The summed E-state index contributed by atoms with van der Waals surface area (Å²) in [5.41, 5.74) is 1.08. The van der Waals surface area contributed by atoms with Gasteiger partial charge >= 0.3 is 0 Å². The molecule has 2 rings (SSSR count). The first-order chi connectivity index (χ1) is 9.20. The van der Waals surface area contributed by atoms with Crippen LogP contribution in [0.1, 0.15) is 25.3 Å². The molecule has 106 valence electrons. The van der Waals surface area contributed by atoms with Crippen molar-refractivity contribution < 1.29 is 9.13 Å². The van der Waals surface area contributed by atoms with Crippen LogP contribution in [0.3, 0.4) is 0 Å². The van der Waals surface area contributed by atoms with Crippen molar-refractivity contribution >= 4 is 11.6 Å². The summed E-state index contributed by atoms with van der Waals surface area (Å²) in [6.45, 7) is 4.81. The molecular weight excluding hydrogens is 265 g/mol. The Morgan fingerprint density at radius 2 is 2.37 bits per heavy atom. The molecular formula is C15H21ClFNO. The zero-order valence-electron chi connectivity index (χ0n) is 11.3. The topological polar surface area (TPSA) is 21.3 Å². The van der Waals surface area contributed by atoms with E-state index in [2.05, 4.69) is 12.2 Å². The van der Waals surface area contributed by atoms with Crippen LogP contribution in [0.15, 0.2) is 18.2 Å². The number of rotatable bonds is 6. The molecule has 1 aromatic carbocycles. The quantitative estimate of drug-likeness (QED) is 0.865. The van der Waals surface area contributed by atoms with Crippen LogP contribution in [0.5, 0.6) is 0 Å². The van der Waals surface area contributed by atoms with Crippen molar-refractivity contribution in [3.8, 4) is 0 Å². The van der Waals surface area contributed by atoms with Crippen LogP contribution in [0.2, 0.25) is 5.02 Å². The fourth-order valence-electron chi connectivity index (χ4n) is 2.53. The van der Waals surface area contributed by atoms with Gasteiger partial charge in [-0.2, -0.15) is 0 Å². The minimum Gasteiger partial charge on any atom is -0.381 e. The molecule has 1 aromatic rings. The van der Waals surface area contributed by atoms with Crippen molar-refractivity contribution in [2.24, 2.45) is 5.92 Å². The number of ether oxygens (including phenoxy) is 1. The Labute approximate surface area is 119 Å². The molecule has 2 atom stereocenters. The van der Waals surface area contributed by atoms with E-state index in [0.717, 1.165) is 44.6 Å². The smallest absolute Gasteiger partial charge is 0.141 e. The highest BCUT2D eigenvalue weighted by molar-refractivity contribution is 6.30. The summed E-state index contributed by atoms with van der Waals surface area (Å²) in [4.78, 5) is 0. The molecule has 1 saturated heterocycles. The number of nitrogens with one attached hydrogen (secondary N) is 1. The molecule has 19 heavy (non-hydrogen) atoms. The molecule has 0 aromatic heterocycles. The van der Waals surface area contributed by atoms with Crippen LogP contribution in [0.4, 0.5) is 4.39 Å². The van der Waals surface area contributed by atoms with E-state index in [1.807, 2.05) is 6.07 Å². The van der Waals surface area contributed by atoms with Crippen molar-refractivity contribution in [2.45, 2.75) is 32.2 Å². The Balaban J connectivity index is 2.03. The van der Waals surface area contributed by atoms with Crippen molar-refractivity contribution in [1.82, 2.24) is 5.32 Å². The van der Waals surface area contributed by atoms with E-state index in [-0.39, 0.29) is 10.8 Å². The van der Waals surface area contributed by atoms with Crippen molar-refractivity contribution in [1.29, 1.82) is 0 Å². The van der Waals surface area contributed by atoms with Crippen LogP contribution in [0, 0.1) is 11.7 Å². The normalized spacial score (nSPS) is 20.7. The second-order valence-electron chi connectivity index (χ2n) is 5.14. The van der Waals surface area contributed by atoms with Gasteiger partial charge in [0.05, 0.1) is 11.6 Å². The third-order valence-electron chi connectivity index (χ3n) is 3.63. The summed E-state index contributed by atoms with van der Waals surface area (Å²) in [5, 5.41) is 3.78. The standard InChI is InChI=1S/C15H21ClFNO/c1-2-6-18-15(12-5-7-19-10-12)9-11-3-4-14(17)13(16)8-11/h3-4,8,12,15,18H,2,5-7,9-10H2,1H3. The van der Waals surface area contributed by atoms with Crippen molar-refractivity contribution in [2.75, 3.05) is 19.8 Å². The molecule has 2 nitrogen and oxygen atoms in total. The molecule has 1 fully saturated rings. The van der Waals surface area contributed by atoms with Crippen LogP contribution in [-0.2, 0) is 11.2 Å². The van der Waals surface area contributed by atoms with Gasteiger partial charge < -0.3 is 10.1 Å². The second-order valence-corrected chi connectivity index (χ2v) is 5.54. The second kappa shape index (κ2) is 7.22. The molecule has 0 saturated carbocycles. The highest BCUT2D eigenvalue weighted by Gasteiger charge is 2.25. The summed E-state index contributed by atoms with van der Waals surface area (Å²) < 4.78 is 18.6. The molecule has 2 unspecified atom stereocenters. The third kappa shape index (κ3) is 4.16. The SMILES string of the molecule is CCCNC(Cc1ccc(F)c(Cl)c1)C1CCOC1. The van der Waals surface area contributed by atoms with E-state index >= 15 is 0 Å². The maximum absolute atomic E-state index is 13.2. The summed E-state index contributed by atoms with van der Waals surface area (Å²) >= 11 is 5.84. The number of hydrogen-bond acceptors (Lipinski definition) is 2. The van der Waals surface area contributed by atoms with E-state index in [1.54, 1.807) is 6.07 Å². The monoisotopic (exact) mass is 285 g/mol. The van der Waals surface area contributed by atoms with Gasteiger partial charge in [0.2, 0.25) is 0 Å². The molecule has 4 heteroatoms. The molecule has 1 heterocycles. The zero-order chi connectivity index (χ0) is 13.7. The predicted octanol–water partition coefficient (Wildman–Crippen LogP) is 3.43. The lowest BCUT2D eigenvalue weighted by molar-refractivity contribution is 0.176. The fourth-order valence-corrected chi connectivity index (χ4v) is 2.73. The molecule has 1 aliphatic heterocycles. The molecule has 0 amide bonds. The first-order valence-corrected chi connectivity index (χ1v) is 7.33. The molecule has 1 aliphatic rings. The lowest BCUT2D eigenvalue weighted by Crippen LogP contribution is -2.38. The summed E-state index contributed by atoms with van der Waals surface area (Å²) in [6, 6.07) is 5.37. The zero-order valence-corrected chi connectivity index (χ0v) is 12.0. The van der Waals surface area contributed by atoms with Gasteiger partial charge in [-0.05, 0) is 43.5 Å². The Morgan fingerprint density at radius 3 is 3.00 bits per heavy atom. The number of benzene rings is 1. The lowest BCUT2D eigenvalue weighted by Gasteiger charge is -2.24. The predicted molar refractivity (Wildman–Crippen MR) is 76.1 cm³/mol. The highest BCUT2D eigenvalue weighted by Crippen LogP contribution is 2.22. The fraction of sp³-hybridized carbons (Fsp3) is 0.600. The summed E-state index contributed by atoms with van der Waals surface area (Å²) in [6.07, 6.45) is 3.07. The van der Waals surface area contributed by atoms with Crippen LogP contribution >= 0.6 is 11.6 Å². The minimum absolute atomic E-state index is 0.203. The average molecular weight is 286 g/mol. The van der Waals surface area contributed by atoms with Crippen LogP contribution in [-0.4, -0.2) is 25.8 Å². The third-order valence-corrected chi connectivity index (χ3v) is 3.92. The lowest BCUT2D eigenvalue weighted by atomic mass is 9.92. The van der Waals surface area contributed by atoms with Gasteiger partial charge in [0.25, 0.3) is 0 Å². The van der Waals surface area contributed by atoms with Gasteiger partial charge in [-0.25, -0.2) is 4.39 Å². The van der Waals surface area contributed by atoms with E-state index in [9.17, 15) is 4.39 Å². The first kappa shape index (κ1) is 14.8. The number of hydrogen-bond donors (Lipinski definition) is 1. The molecule has 0 spiro atoms. The van der Waals surface area contributed by atoms with E-state index in [0.29, 0.717) is 12.0 Å². The number of halogens is 2. The molecule has 0 radical (unpaired) electrons. The van der Waals surface area contributed by atoms with E-state index in [4.69, 9.17) is 16.3 Å². The van der Waals surface area contributed by atoms with Crippen molar-refractivity contribution in [3.05, 3.63) is 34.6 Å². The summed E-state index contributed by atoms with van der Waals surface area (Å²) in [7, 11) is 0. The highest BCUT2D eigenvalue weighted by atomic mass is 35.5. The Hall–Kier alpha value is -0.640. The van der Waals surface area contributed by atoms with Gasteiger partial charge in [0.1, 0.15) is 5.82 Å².